The fourth-order valence-corrected chi connectivity index (χ4v) is 3.30. The summed E-state index contributed by atoms with van der Waals surface area (Å²) in [6, 6.07) is 14.7. The van der Waals surface area contributed by atoms with Crippen molar-refractivity contribution in [2.75, 3.05) is 20.8 Å². The van der Waals surface area contributed by atoms with E-state index < -0.39 is 5.97 Å². The van der Waals surface area contributed by atoms with Gasteiger partial charge in [-0.25, -0.2) is 0 Å². The van der Waals surface area contributed by atoms with Crippen LogP contribution in [-0.4, -0.2) is 26.8 Å². The van der Waals surface area contributed by atoms with Crippen LogP contribution in [0.5, 0.6) is 23.0 Å². The number of hydrogen-bond acceptors (Lipinski definition) is 5. The number of hydrogen-bond donors (Lipinski definition) is 0. The number of fused-ring (bicyclic) bond motifs is 1. The third-order valence-electron chi connectivity index (χ3n) is 4.47. The van der Waals surface area contributed by atoms with Gasteiger partial charge in [0.15, 0.2) is 11.5 Å². The van der Waals surface area contributed by atoms with E-state index in [-0.39, 0.29) is 12.2 Å². The average Bonchev–Trinajstić information content (AvgIpc) is 2.72. The van der Waals surface area contributed by atoms with Crippen LogP contribution in [0.2, 0.25) is 5.02 Å². The lowest BCUT2D eigenvalue weighted by atomic mass is 10.1. The van der Waals surface area contributed by atoms with Crippen LogP contribution in [0.3, 0.4) is 0 Å². The molecule has 30 heavy (non-hydrogen) atoms. The second kappa shape index (κ2) is 9.72. The van der Waals surface area contributed by atoms with Crippen LogP contribution in [0, 0.1) is 5.92 Å². The molecule has 0 aromatic heterocycles. The Bertz CT molecular complexity index is 1030. The Labute approximate surface area is 181 Å². The molecule has 5 nitrogen and oxygen atoms in total. The largest absolute Gasteiger partial charge is 0.490 e. The summed E-state index contributed by atoms with van der Waals surface area (Å²) in [7, 11) is 3.02. The lowest BCUT2D eigenvalue weighted by molar-refractivity contribution is -0.133. The van der Waals surface area contributed by atoms with Crippen molar-refractivity contribution in [3.8, 4) is 23.0 Å². The van der Waals surface area contributed by atoms with Gasteiger partial charge in [0.05, 0.1) is 27.2 Å². The summed E-state index contributed by atoms with van der Waals surface area (Å²) in [6.07, 6.45) is 0.132. The number of ether oxygens (including phenoxy) is 4. The maximum Gasteiger partial charge on any atom is 0.315 e. The Balaban J connectivity index is 2.11. The van der Waals surface area contributed by atoms with Crippen molar-refractivity contribution in [1.29, 1.82) is 0 Å². The molecule has 0 fully saturated rings. The van der Waals surface area contributed by atoms with Crippen LogP contribution in [0.1, 0.15) is 19.4 Å². The Hall–Kier alpha value is -2.92. The number of carbonyl (C=O) groups excluding carboxylic acids is 1. The van der Waals surface area contributed by atoms with Gasteiger partial charge in [0.25, 0.3) is 0 Å². The Kier molecular flexibility index (Phi) is 7.06. The van der Waals surface area contributed by atoms with E-state index >= 15 is 0 Å². The summed E-state index contributed by atoms with van der Waals surface area (Å²) < 4.78 is 23.0. The van der Waals surface area contributed by atoms with Gasteiger partial charge in [-0.3, -0.25) is 4.79 Å². The Morgan fingerprint density at radius 1 is 0.900 bits per heavy atom. The van der Waals surface area contributed by atoms with Crippen molar-refractivity contribution in [3.63, 3.8) is 0 Å². The average molecular weight is 429 g/mol. The summed E-state index contributed by atoms with van der Waals surface area (Å²) in [6.45, 7) is 4.59. The molecule has 3 rings (SSSR count). The molecule has 0 spiro atoms. The molecule has 0 aliphatic rings. The summed E-state index contributed by atoms with van der Waals surface area (Å²) in [5, 5.41) is 1.87. The first kappa shape index (κ1) is 21.8. The second-order valence-corrected chi connectivity index (χ2v) is 7.69. The normalized spacial score (nSPS) is 10.9. The summed E-state index contributed by atoms with van der Waals surface area (Å²) in [5.74, 6) is 1.33. The lowest BCUT2D eigenvalue weighted by Crippen LogP contribution is -2.13. The highest BCUT2D eigenvalue weighted by Crippen LogP contribution is 2.51. The molecular formula is C24H25ClO5. The number of carbonyl (C=O) groups is 1. The lowest BCUT2D eigenvalue weighted by Gasteiger charge is -2.21. The van der Waals surface area contributed by atoms with Crippen molar-refractivity contribution in [1.82, 2.24) is 0 Å². The predicted molar refractivity (Wildman–Crippen MR) is 118 cm³/mol. The van der Waals surface area contributed by atoms with Gasteiger partial charge >= 0.3 is 5.97 Å². The standard InChI is InChI=1S/C24H25ClO5/c1-15(2)14-29-21-19-13-17(25)10-11-18(19)22(24(28-4)23(21)27-3)30-20(26)12-16-8-6-5-7-9-16/h5-11,13,15H,12,14H2,1-4H3. The highest BCUT2D eigenvalue weighted by molar-refractivity contribution is 6.31. The molecule has 3 aromatic carbocycles. The van der Waals surface area contributed by atoms with E-state index in [9.17, 15) is 4.79 Å². The van der Waals surface area contributed by atoms with E-state index in [2.05, 4.69) is 13.8 Å². The van der Waals surface area contributed by atoms with E-state index in [1.54, 1.807) is 18.2 Å². The molecule has 0 saturated carbocycles. The molecule has 0 amide bonds. The van der Waals surface area contributed by atoms with Crippen molar-refractivity contribution < 1.29 is 23.7 Å². The number of benzene rings is 3. The molecule has 0 unspecified atom stereocenters. The molecule has 0 radical (unpaired) electrons. The summed E-state index contributed by atoms with van der Waals surface area (Å²) in [4.78, 5) is 12.7. The number of esters is 1. The van der Waals surface area contributed by atoms with Crippen LogP contribution < -0.4 is 18.9 Å². The zero-order valence-electron chi connectivity index (χ0n) is 17.5. The van der Waals surface area contributed by atoms with E-state index in [0.717, 1.165) is 5.56 Å². The van der Waals surface area contributed by atoms with E-state index in [4.69, 9.17) is 30.5 Å². The monoisotopic (exact) mass is 428 g/mol. The minimum absolute atomic E-state index is 0.132. The quantitative estimate of drug-likeness (QED) is 0.340. The van der Waals surface area contributed by atoms with Crippen LogP contribution in [0.15, 0.2) is 48.5 Å². The molecule has 0 N–H and O–H groups in total. The van der Waals surface area contributed by atoms with Gasteiger partial charge in [-0.15, -0.1) is 0 Å². The molecule has 0 aliphatic heterocycles. The van der Waals surface area contributed by atoms with Gasteiger partial charge in [0.1, 0.15) is 0 Å². The fourth-order valence-electron chi connectivity index (χ4n) is 3.13. The fraction of sp³-hybridized carbons (Fsp3) is 0.292. The maximum atomic E-state index is 12.7. The van der Waals surface area contributed by atoms with Crippen LogP contribution in [0.4, 0.5) is 0 Å². The number of halogens is 1. The Morgan fingerprint density at radius 2 is 1.57 bits per heavy atom. The van der Waals surface area contributed by atoms with Gasteiger partial charge < -0.3 is 18.9 Å². The first-order valence-corrected chi connectivity index (χ1v) is 10.1. The van der Waals surface area contributed by atoms with Crippen LogP contribution >= 0.6 is 11.6 Å². The van der Waals surface area contributed by atoms with Gasteiger partial charge in [-0.05, 0) is 29.7 Å². The van der Waals surface area contributed by atoms with Gasteiger partial charge in [-0.1, -0.05) is 55.8 Å². The highest BCUT2D eigenvalue weighted by atomic mass is 35.5. The van der Waals surface area contributed by atoms with Crippen molar-refractivity contribution in [2.45, 2.75) is 20.3 Å². The van der Waals surface area contributed by atoms with Crippen molar-refractivity contribution >= 4 is 28.3 Å². The minimum Gasteiger partial charge on any atom is -0.490 e. The molecule has 0 saturated heterocycles. The van der Waals surface area contributed by atoms with Gasteiger partial charge in [0, 0.05) is 15.8 Å². The minimum atomic E-state index is -0.409. The Morgan fingerprint density at radius 3 is 2.20 bits per heavy atom. The van der Waals surface area contributed by atoms with Crippen LogP contribution in [0.25, 0.3) is 10.8 Å². The first-order valence-electron chi connectivity index (χ1n) is 9.69. The zero-order chi connectivity index (χ0) is 21.7. The molecule has 0 aliphatic carbocycles. The second-order valence-electron chi connectivity index (χ2n) is 7.26. The third kappa shape index (κ3) is 4.79. The molecule has 3 aromatic rings. The van der Waals surface area contributed by atoms with Crippen molar-refractivity contribution in [3.05, 3.63) is 59.1 Å². The summed E-state index contributed by atoms with van der Waals surface area (Å²) >= 11 is 6.25. The SMILES string of the molecule is COc1c(OC)c(OC(=O)Cc2ccccc2)c2ccc(Cl)cc2c1OCC(C)C. The van der Waals surface area contributed by atoms with E-state index in [1.807, 2.05) is 30.3 Å². The van der Waals surface area contributed by atoms with E-state index in [1.165, 1.54) is 14.2 Å². The van der Waals surface area contributed by atoms with Crippen molar-refractivity contribution in [2.24, 2.45) is 5.92 Å². The van der Waals surface area contributed by atoms with Gasteiger partial charge in [-0.2, -0.15) is 0 Å². The smallest absolute Gasteiger partial charge is 0.315 e. The summed E-state index contributed by atoms with van der Waals surface area (Å²) in [5.41, 5.74) is 0.859. The molecule has 0 heterocycles. The molecule has 6 heteroatoms. The topological polar surface area (TPSA) is 54.0 Å². The molecular weight excluding hydrogens is 404 g/mol. The van der Waals surface area contributed by atoms with Crippen LogP contribution in [-0.2, 0) is 11.2 Å². The maximum absolute atomic E-state index is 12.7. The molecule has 158 valence electrons. The van der Waals surface area contributed by atoms with Gasteiger partial charge in [0.2, 0.25) is 11.5 Å². The third-order valence-corrected chi connectivity index (χ3v) is 4.70. The van der Waals surface area contributed by atoms with E-state index in [0.29, 0.717) is 45.6 Å². The predicted octanol–water partition coefficient (Wildman–Crippen LogP) is 5.69. The highest BCUT2D eigenvalue weighted by Gasteiger charge is 2.26. The number of rotatable bonds is 8. The first-order chi connectivity index (χ1) is 14.4. The zero-order valence-corrected chi connectivity index (χ0v) is 18.3. The number of methoxy groups -OCH3 is 2. The molecule has 0 atom stereocenters. The molecule has 0 bridgehead atoms.